The first kappa shape index (κ1) is 20.8. The van der Waals surface area contributed by atoms with E-state index >= 15 is 0 Å². The summed E-state index contributed by atoms with van der Waals surface area (Å²) in [4.78, 5) is 25.0. The summed E-state index contributed by atoms with van der Waals surface area (Å²) in [6.45, 7) is 8.15. The Balaban J connectivity index is 2.23. The summed E-state index contributed by atoms with van der Waals surface area (Å²) < 4.78 is 12.4. The third kappa shape index (κ3) is 3.91. The van der Waals surface area contributed by atoms with Gasteiger partial charge >= 0.3 is 5.97 Å². The summed E-state index contributed by atoms with van der Waals surface area (Å²) in [5.41, 5.74) is -1.10. The number of nitriles is 2. The third-order valence-electron chi connectivity index (χ3n) is 4.64. The van der Waals surface area contributed by atoms with E-state index in [4.69, 9.17) is 9.15 Å². The molecule has 0 aliphatic carbocycles. The molecule has 0 radical (unpaired) electrons. The van der Waals surface area contributed by atoms with Gasteiger partial charge in [0.25, 0.3) is 5.91 Å². The number of carbonyl (C=O) groups excluding carboxylic acids is 2. The lowest BCUT2D eigenvalue weighted by Gasteiger charge is -2.28. The lowest BCUT2D eigenvalue weighted by molar-refractivity contribution is -0.130. The van der Waals surface area contributed by atoms with Crippen molar-refractivity contribution in [3.8, 4) is 18.0 Å². The van der Waals surface area contributed by atoms with Gasteiger partial charge in [0.05, 0.1) is 6.07 Å². The number of rotatable bonds is 6. The van der Waals surface area contributed by atoms with Crippen molar-refractivity contribution in [2.75, 3.05) is 0 Å². The molecule has 0 bridgehead atoms. The number of hydrogen-bond donors (Lipinski definition) is 1. The van der Waals surface area contributed by atoms with Gasteiger partial charge in [0.2, 0.25) is 5.88 Å². The van der Waals surface area contributed by atoms with Gasteiger partial charge in [-0.3, -0.25) is 9.36 Å². The SMILES string of the molecule is Cc1oc(-n2cccc2)c(C#N)c1C(=O)O[C@@H](C)C(=O)N[C@](C)(C#N)C(C)C. The molecule has 146 valence electrons. The van der Waals surface area contributed by atoms with E-state index < -0.39 is 23.5 Å². The number of ether oxygens (including phenoxy) is 1. The molecule has 2 atom stereocenters. The molecular weight excluding hydrogens is 360 g/mol. The summed E-state index contributed by atoms with van der Waals surface area (Å²) in [5.74, 6) is -1.18. The summed E-state index contributed by atoms with van der Waals surface area (Å²) in [5, 5.41) is 21.4. The van der Waals surface area contributed by atoms with Crippen molar-refractivity contribution in [3.63, 3.8) is 0 Å². The van der Waals surface area contributed by atoms with E-state index in [1.54, 1.807) is 56.8 Å². The van der Waals surface area contributed by atoms with Crippen molar-refractivity contribution in [1.82, 2.24) is 9.88 Å². The average Bonchev–Trinajstić information content (AvgIpc) is 3.28. The van der Waals surface area contributed by atoms with Crippen LogP contribution in [0.25, 0.3) is 5.88 Å². The van der Waals surface area contributed by atoms with E-state index in [2.05, 4.69) is 11.4 Å². The molecule has 2 rings (SSSR count). The Morgan fingerprint density at radius 3 is 2.36 bits per heavy atom. The van der Waals surface area contributed by atoms with Crippen LogP contribution in [0, 0.1) is 35.5 Å². The van der Waals surface area contributed by atoms with Crippen LogP contribution < -0.4 is 5.32 Å². The van der Waals surface area contributed by atoms with Gasteiger partial charge < -0.3 is 14.5 Å². The molecule has 1 amide bonds. The second-order valence-corrected chi connectivity index (χ2v) is 6.92. The zero-order chi connectivity index (χ0) is 21.1. The van der Waals surface area contributed by atoms with E-state index in [0.717, 1.165) is 0 Å². The fourth-order valence-electron chi connectivity index (χ4n) is 2.46. The monoisotopic (exact) mass is 382 g/mol. The van der Waals surface area contributed by atoms with Gasteiger partial charge in [0, 0.05) is 12.4 Å². The minimum atomic E-state index is -1.16. The normalized spacial score (nSPS) is 13.9. The Kier molecular flexibility index (Phi) is 5.95. The predicted molar refractivity (Wildman–Crippen MR) is 99.4 cm³/mol. The van der Waals surface area contributed by atoms with Gasteiger partial charge in [-0.1, -0.05) is 13.8 Å². The first-order valence-corrected chi connectivity index (χ1v) is 8.75. The topological polar surface area (TPSA) is 121 Å². The fourth-order valence-corrected chi connectivity index (χ4v) is 2.46. The van der Waals surface area contributed by atoms with Crippen LogP contribution >= 0.6 is 0 Å². The van der Waals surface area contributed by atoms with Crippen molar-refractivity contribution in [3.05, 3.63) is 41.4 Å². The molecular formula is C20H22N4O4. The molecule has 2 aromatic rings. The van der Waals surface area contributed by atoms with E-state index in [-0.39, 0.29) is 28.7 Å². The van der Waals surface area contributed by atoms with Gasteiger partial charge in [-0.2, -0.15) is 10.5 Å². The summed E-state index contributed by atoms with van der Waals surface area (Å²) in [7, 11) is 0. The predicted octanol–water partition coefficient (Wildman–Crippen LogP) is 2.85. The van der Waals surface area contributed by atoms with E-state index in [0.29, 0.717) is 0 Å². The smallest absolute Gasteiger partial charge is 0.343 e. The second kappa shape index (κ2) is 8.01. The molecule has 2 heterocycles. The van der Waals surface area contributed by atoms with Crippen LogP contribution in [0.5, 0.6) is 0 Å². The molecule has 0 fully saturated rings. The quantitative estimate of drug-likeness (QED) is 0.767. The van der Waals surface area contributed by atoms with Crippen molar-refractivity contribution >= 4 is 11.9 Å². The van der Waals surface area contributed by atoms with Crippen molar-refractivity contribution in [2.45, 2.75) is 46.3 Å². The lowest BCUT2D eigenvalue weighted by Crippen LogP contribution is -2.52. The zero-order valence-corrected chi connectivity index (χ0v) is 16.4. The number of nitrogens with one attached hydrogen (secondary N) is 1. The van der Waals surface area contributed by atoms with Gasteiger partial charge in [-0.25, -0.2) is 4.79 Å². The number of amides is 1. The number of esters is 1. The highest BCUT2D eigenvalue weighted by Gasteiger charge is 2.34. The number of hydrogen-bond acceptors (Lipinski definition) is 6. The molecule has 28 heavy (non-hydrogen) atoms. The fraction of sp³-hybridized carbons (Fsp3) is 0.400. The minimum absolute atomic E-state index is 0.0235. The number of furan rings is 1. The molecule has 0 saturated carbocycles. The van der Waals surface area contributed by atoms with Crippen molar-refractivity contribution < 1.29 is 18.7 Å². The van der Waals surface area contributed by atoms with Gasteiger partial charge in [-0.05, 0) is 38.8 Å². The third-order valence-corrected chi connectivity index (χ3v) is 4.64. The van der Waals surface area contributed by atoms with Gasteiger partial charge in [0.1, 0.15) is 28.5 Å². The summed E-state index contributed by atoms with van der Waals surface area (Å²) in [6, 6.07) is 7.53. The molecule has 0 unspecified atom stereocenters. The van der Waals surface area contributed by atoms with Crippen LogP contribution in [0.2, 0.25) is 0 Å². The molecule has 2 aromatic heterocycles. The molecule has 0 spiro atoms. The minimum Gasteiger partial charge on any atom is -0.449 e. The Bertz CT molecular complexity index is 960. The standard InChI is InChI=1S/C20H22N4O4/c1-12(2)20(5,11-22)23-17(25)14(4)28-19(26)16-13(3)27-18(15(16)10-21)24-8-6-7-9-24/h6-9,12,14H,1-5H3,(H,23,25)/t14-,20+/m0/s1. The maximum Gasteiger partial charge on any atom is 0.343 e. The number of aromatic nitrogens is 1. The zero-order valence-electron chi connectivity index (χ0n) is 16.4. The Labute approximate surface area is 163 Å². The molecule has 0 aliphatic heterocycles. The number of nitrogens with zero attached hydrogens (tertiary/aromatic N) is 3. The lowest BCUT2D eigenvalue weighted by atomic mass is 9.90. The largest absolute Gasteiger partial charge is 0.449 e. The molecule has 1 N–H and O–H groups in total. The highest BCUT2D eigenvalue weighted by atomic mass is 16.5. The molecule has 0 aliphatic rings. The van der Waals surface area contributed by atoms with Crippen LogP contribution in [-0.4, -0.2) is 28.1 Å². The second-order valence-electron chi connectivity index (χ2n) is 6.92. The van der Waals surface area contributed by atoms with Gasteiger partial charge in [-0.15, -0.1) is 0 Å². The first-order chi connectivity index (χ1) is 13.1. The summed E-state index contributed by atoms with van der Waals surface area (Å²) >= 11 is 0. The highest BCUT2D eigenvalue weighted by molar-refractivity contribution is 5.96. The Morgan fingerprint density at radius 1 is 1.25 bits per heavy atom. The van der Waals surface area contributed by atoms with Crippen molar-refractivity contribution in [1.29, 1.82) is 10.5 Å². The summed E-state index contributed by atoms with van der Waals surface area (Å²) in [6.07, 6.45) is 2.20. The van der Waals surface area contributed by atoms with E-state index in [1.807, 2.05) is 6.07 Å². The van der Waals surface area contributed by atoms with Crippen LogP contribution in [0.1, 0.15) is 49.4 Å². The van der Waals surface area contributed by atoms with E-state index in [9.17, 15) is 20.1 Å². The first-order valence-electron chi connectivity index (χ1n) is 8.75. The maximum absolute atomic E-state index is 12.6. The van der Waals surface area contributed by atoms with Crippen LogP contribution in [-0.2, 0) is 9.53 Å². The van der Waals surface area contributed by atoms with Crippen LogP contribution in [0.4, 0.5) is 0 Å². The van der Waals surface area contributed by atoms with Crippen LogP contribution in [0.3, 0.4) is 0 Å². The molecule has 0 aromatic carbocycles. The van der Waals surface area contributed by atoms with Crippen molar-refractivity contribution in [2.24, 2.45) is 5.92 Å². The Morgan fingerprint density at radius 2 is 1.86 bits per heavy atom. The van der Waals surface area contributed by atoms with Crippen LogP contribution in [0.15, 0.2) is 28.9 Å². The van der Waals surface area contributed by atoms with Gasteiger partial charge in [0.15, 0.2) is 6.10 Å². The van der Waals surface area contributed by atoms with E-state index in [1.165, 1.54) is 6.92 Å². The molecule has 8 heteroatoms. The maximum atomic E-state index is 12.6. The number of aryl methyl sites for hydroxylation is 1. The Hall–Kier alpha value is -3.52. The number of carbonyl (C=O) groups is 2. The highest BCUT2D eigenvalue weighted by Crippen LogP contribution is 2.26. The average molecular weight is 382 g/mol. The molecule has 8 nitrogen and oxygen atoms in total. The molecule has 0 saturated heterocycles.